The van der Waals surface area contributed by atoms with E-state index in [1.54, 1.807) is 0 Å². The number of carboxylic acid groups (broad SMARTS) is 2. The van der Waals surface area contributed by atoms with Crippen molar-refractivity contribution in [3.63, 3.8) is 0 Å². The van der Waals surface area contributed by atoms with Gasteiger partial charge >= 0.3 is 11.9 Å². The van der Waals surface area contributed by atoms with Crippen LogP contribution in [0, 0.1) is 5.92 Å². The molecule has 0 aromatic rings. The first-order valence-corrected chi connectivity index (χ1v) is 8.17. The Kier molecular flexibility index (Phi) is 12.8. The molecule has 0 aliphatic rings. The second-order valence-corrected chi connectivity index (χ2v) is 5.60. The first-order valence-electron chi connectivity index (χ1n) is 8.17. The van der Waals surface area contributed by atoms with Crippen LogP contribution in [0.5, 0.6) is 0 Å². The molecule has 0 saturated carbocycles. The molecule has 4 heteroatoms. The summed E-state index contributed by atoms with van der Waals surface area (Å²) in [6.45, 7) is 2.22. The molecule has 0 amide bonds. The molecule has 2 N–H and O–H groups in total. The SMILES string of the molecule is CCCCCCCCCC/C=C/CC(CC(=O)O)C(=O)O. The van der Waals surface area contributed by atoms with Gasteiger partial charge in [0, 0.05) is 0 Å². The highest BCUT2D eigenvalue weighted by Gasteiger charge is 2.18. The predicted octanol–water partition coefficient (Wildman–Crippen LogP) is 4.64. The van der Waals surface area contributed by atoms with E-state index in [1.165, 1.54) is 44.9 Å². The van der Waals surface area contributed by atoms with Crippen LogP contribution in [0.2, 0.25) is 0 Å². The smallest absolute Gasteiger partial charge is 0.307 e. The molecule has 0 rings (SSSR count). The number of carbonyl (C=O) groups is 2. The summed E-state index contributed by atoms with van der Waals surface area (Å²) in [5.41, 5.74) is 0. The van der Waals surface area contributed by atoms with Crippen molar-refractivity contribution in [3.8, 4) is 0 Å². The van der Waals surface area contributed by atoms with Gasteiger partial charge in [-0.1, -0.05) is 64.0 Å². The summed E-state index contributed by atoms with van der Waals surface area (Å²) in [6.07, 6.45) is 15.0. The third-order valence-corrected chi connectivity index (χ3v) is 3.58. The summed E-state index contributed by atoms with van der Waals surface area (Å²) >= 11 is 0. The average molecular weight is 298 g/mol. The van der Waals surface area contributed by atoms with Crippen molar-refractivity contribution in [2.75, 3.05) is 0 Å². The van der Waals surface area contributed by atoms with E-state index in [0.717, 1.165) is 12.8 Å². The Morgan fingerprint density at radius 2 is 1.48 bits per heavy atom. The van der Waals surface area contributed by atoms with Crippen LogP contribution in [0.4, 0.5) is 0 Å². The molecule has 1 unspecified atom stereocenters. The molecule has 0 aromatic heterocycles. The minimum absolute atomic E-state index is 0.304. The molecule has 0 fully saturated rings. The second kappa shape index (κ2) is 13.7. The van der Waals surface area contributed by atoms with Gasteiger partial charge in [-0.25, -0.2) is 0 Å². The summed E-state index contributed by atoms with van der Waals surface area (Å²) in [5.74, 6) is -2.90. The first-order chi connectivity index (χ1) is 10.1. The van der Waals surface area contributed by atoms with Crippen LogP contribution in [0.3, 0.4) is 0 Å². The number of carboxylic acids is 2. The minimum Gasteiger partial charge on any atom is -0.481 e. The van der Waals surface area contributed by atoms with Crippen LogP contribution in [0.1, 0.15) is 77.6 Å². The fourth-order valence-corrected chi connectivity index (χ4v) is 2.26. The van der Waals surface area contributed by atoms with Gasteiger partial charge in [-0.2, -0.15) is 0 Å². The van der Waals surface area contributed by atoms with E-state index >= 15 is 0 Å². The number of unbranched alkanes of at least 4 members (excludes halogenated alkanes) is 8. The zero-order valence-electron chi connectivity index (χ0n) is 13.2. The van der Waals surface area contributed by atoms with Crippen LogP contribution in [-0.2, 0) is 9.59 Å². The lowest BCUT2D eigenvalue weighted by Crippen LogP contribution is -2.16. The Labute approximate surface area is 128 Å². The summed E-state index contributed by atoms with van der Waals surface area (Å²) in [6, 6.07) is 0. The van der Waals surface area contributed by atoms with Crippen LogP contribution >= 0.6 is 0 Å². The monoisotopic (exact) mass is 298 g/mol. The highest BCUT2D eigenvalue weighted by Crippen LogP contribution is 2.12. The molecule has 122 valence electrons. The Balaban J connectivity index is 3.54. The standard InChI is InChI=1S/C17H30O4/c1-2-3-4-5-6-7-8-9-10-11-12-13-15(17(20)21)14-16(18)19/h11-12,15H,2-10,13-14H2,1H3,(H,18,19)(H,20,21)/b12-11+. The van der Waals surface area contributed by atoms with Gasteiger partial charge in [-0.3, -0.25) is 9.59 Å². The van der Waals surface area contributed by atoms with Gasteiger partial charge in [0.15, 0.2) is 0 Å². The lowest BCUT2D eigenvalue weighted by molar-refractivity contribution is -0.148. The van der Waals surface area contributed by atoms with Gasteiger partial charge in [-0.15, -0.1) is 0 Å². The van der Waals surface area contributed by atoms with Crippen molar-refractivity contribution in [3.05, 3.63) is 12.2 Å². The number of hydrogen-bond donors (Lipinski definition) is 2. The third kappa shape index (κ3) is 13.4. The van der Waals surface area contributed by atoms with Gasteiger partial charge in [0.1, 0.15) is 0 Å². The second-order valence-electron chi connectivity index (χ2n) is 5.60. The van der Waals surface area contributed by atoms with Crippen molar-refractivity contribution in [2.24, 2.45) is 5.92 Å². The van der Waals surface area contributed by atoms with Crippen LogP contribution in [0.25, 0.3) is 0 Å². The van der Waals surface area contributed by atoms with Gasteiger partial charge in [0.25, 0.3) is 0 Å². The first kappa shape index (κ1) is 19.7. The Morgan fingerprint density at radius 3 is 2.00 bits per heavy atom. The zero-order valence-corrected chi connectivity index (χ0v) is 13.2. The Hall–Kier alpha value is -1.32. The number of hydrogen-bond acceptors (Lipinski definition) is 2. The van der Waals surface area contributed by atoms with Crippen molar-refractivity contribution in [1.82, 2.24) is 0 Å². The molecule has 0 bridgehead atoms. The fourth-order valence-electron chi connectivity index (χ4n) is 2.26. The lowest BCUT2D eigenvalue weighted by atomic mass is 10.0. The molecular weight excluding hydrogens is 268 g/mol. The van der Waals surface area contributed by atoms with Crippen molar-refractivity contribution in [2.45, 2.75) is 77.6 Å². The van der Waals surface area contributed by atoms with Gasteiger partial charge in [0.05, 0.1) is 12.3 Å². The topological polar surface area (TPSA) is 74.6 Å². The largest absolute Gasteiger partial charge is 0.481 e. The minimum atomic E-state index is -1.06. The maximum atomic E-state index is 10.9. The fraction of sp³-hybridized carbons (Fsp3) is 0.765. The molecule has 0 spiro atoms. The van der Waals surface area contributed by atoms with E-state index in [4.69, 9.17) is 10.2 Å². The summed E-state index contributed by atoms with van der Waals surface area (Å²) < 4.78 is 0. The van der Waals surface area contributed by atoms with E-state index < -0.39 is 17.9 Å². The highest BCUT2D eigenvalue weighted by molar-refractivity contribution is 5.77. The van der Waals surface area contributed by atoms with Crippen molar-refractivity contribution in [1.29, 1.82) is 0 Å². The average Bonchev–Trinajstić information content (AvgIpc) is 2.42. The third-order valence-electron chi connectivity index (χ3n) is 3.58. The molecule has 4 nitrogen and oxygen atoms in total. The highest BCUT2D eigenvalue weighted by atomic mass is 16.4. The number of aliphatic carboxylic acids is 2. The maximum absolute atomic E-state index is 10.9. The molecule has 0 radical (unpaired) electrons. The van der Waals surface area contributed by atoms with Crippen LogP contribution < -0.4 is 0 Å². The van der Waals surface area contributed by atoms with Gasteiger partial charge in [-0.05, 0) is 19.3 Å². The lowest BCUT2D eigenvalue weighted by Gasteiger charge is -2.05. The van der Waals surface area contributed by atoms with Gasteiger partial charge in [0.2, 0.25) is 0 Å². The molecule has 1 atom stereocenters. The number of allylic oxidation sites excluding steroid dienone is 2. The Morgan fingerprint density at radius 1 is 0.905 bits per heavy atom. The molecule has 0 saturated heterocycles. The van der Waals surface area contributed by atoms with E-state index in [-0.39, 0.29) is 6.42 Å². The van der Waals surface area contributed by atoms with Gasteiger partial charge < -0.3 is 10.2 Å². The molecule has 0 aliphatic heterocycles. The van der Waals surface area contributed by atoms with E-state index in [2.05, 4.69) is 6.92 Å². The van der Waals surface area contributed by atoms with E-state index in [9.17, 15) is 9.59 Å². The molecular formula is C17H30O4. The summed E-state index contributed by atoms with van der Waals surface area (Å²) in [5, 5.41) is 17.5. The molecule has 0 heterocycles. The molecule has 0 aromatic carbocycles. The van der Waals surface area contributed by atoms with Crippen LogP contribution in [0.15, 0.2) is 12.2 Å². The van der Waals surface area contributed by atoms with E-state index in [0.29, 0.717) is 6.42 Å². The summed E-state index contributed by atoms with van der Waals surface area (Å²) in [7, 11) is 0. The maximum Gasteiger partial charge on any atom is 0.307 e. The number of rotatable bonds is 14. The van der Waals surface area contributed by atoms with Crippen molar-refractivity contribution < 1.29 is 19.8 Å². The quantitative estimate of drug-likeness (QED) is 0.362. The summed E-state index contributed by atoms with van der Waals surface area (Å²) in [4.78, 5) is 21.4. The predicted molar refractivity (Wildman–Crippen MR) is 84.4 cm³/mol. The Bertz CT molecular complexity index is 310. The van der Waals surface area contributed by atoms with E-state index in [1.807, 2.05) is 12.2 Å². The molecule has 21 heavy (non-hydrogen) atoms. The van der Waals surface area contributed by atoms with Crippen LogP contribution in [-0.4, -0.2) is 22.2 Å². The normalized spacial score (nSPS) is 12.6. The zero-order chi connectivity index (χ0) is 15.9. The molecule has 0 aliphatic carbocycles. The van der Waals surface area contributed by atoms with Crippen molar-refractivity contribution >= 4 is 11.9 Å².